The van der Waals surface area contributed by atoms with Gasteiger partial charge >= 0.3 is 5.97 Å². The van der Waals surface area contributed by atoms with Crippen LogP contribution >= 0.6 is 15.9 Å². The lowest BCUT2D eigenvalue weighted by atomic mass is 10.2. The Bertz CT molecular complexity index is 614. The number of hydrogen-bond donors (Lipinski definition) is 2. The van der Waals surface area contributed by atoms with E-state index in [1.807, 2.05) is 18.2 Å². The zero-order valence-corrected chi connectivity index (χ0v) is 12.3. The molecule has 1 aromatic carbocycles. The zero-order valence-electron chi connectivity index (χ0n) is 10.8. The molecule has 5 nitrogen and oxygen atoms in total. The van der Waals surface area contributed by atoms with Gasteiger partial charge in [-0.1, -0.05) is 0 Å². The van der Waals surface area contributed by atoms with Crippen molar-refractivity contribution in [2.45, 2.75) is 6.54 Å². The Kier molecular flexibility index (Phi) is 4.57. The SMILES string of the molecule is COc1cc(NCc2ccc(C(=O)O)cn2)ccc1Br. The van der Waals surface area contributed by atoms with Crippen LogP contribution in [0.4, 0.5) is 5.69 Å². The molecule has 0 amide bonds. The van der Waals surface area contributed by atoms with Crippen LogP contribution in [-0.2, 0) is 6.54 Å². The van der Waals surface area contributed by atoms with Gasteiger partial charge in [0.15, 0.2) is 0 Å². The molecule has 0 unspecified atom stereocenters. The quantitative estimate of drug-likeness (QED) is 0.877. The smallest absolute Gasteiger partial charge is 0.337 e. The molecule has 2 aromatic rings. The third-order valence-electron chi connectivity index (χ3n) is 2.70. The van der Waals surface area contributed by atoms with Crippen LogP contribution in [0.1, 0.15) is 16.1 Å². The molecule has 0 saturated heterocycles. The molecule has 2 rings (SSSR count). The summed E-state index contributed by atoms with van der Waals surface area (Å²) in [7, 11) is 1.61. The van der Waals surface area contributed by atoms with Gasteiger partial charge in [-0.2, -0.15) is 0 Å². The first-order valence-electron chi connectivity index (χ1n) is 5.86. The lowest BCUT2D eigenvalue weighted by Gasteiger charge is -2.09. The minimum atomic E-state index is -0.977. The summed E-state index contributed by atoms with van der Waals surface area (Å²) in [5.41, 5.74) is 1.84. The Labute approximate surface area is 124 Å². The van der Waals surface area contributed by atoms with Gasteiger partial charge in [-0.05, 0) is 40.2 Å². The summed E-state index contributed by atoms with van der Waals surface area (Å²) < 4.78 is 6.10. The van der Waals surface area contributed by atoms with Crippen molar-refractivity contribution in [1.82, 2.24) is 4.98 Å². The summed E-state index contributed by atoms with van der Waals surface area (Å²) in [4.78, 5) is 14.8. The van der Waals surface area contributed by atoms with Gasteiger partial charge in [0.2, 0.25) is 0 Å². The van der Waals surface area contributed by atoms with Crippen molar-refractivity contribution in [3.63, 3.8) is 0 Å². The lowest BCUT2D eigenvalue weighted by Crippen LogP contribution is -2.04. The van der Waals surface area contributed by atoms with Crippen LogP contribution in [0.5, 0.6) is 5.75 Å². The summed E-state index contributed by atoms with van der Waals surface area (Å²) in [5.74, 6) is -0.237. The van der Waals surface area contributed by atoms with Crippen LogP contribution in [0.2, 0.25) is 0 Å². The van der Waals surface area contributed by atoms with Gasteiger partial charge in [-0.15, -0.1) is 0 Å². The number of pyridine rings is 1. The number of rotatable bonds is 5. The standard InChI is InChI=1S/C14H13BrN2O3/c1-20-13-6-10(4-5-12(13)15)17-8-11-3-2-9(7-16-11)14(18)19/h2-7,17H,8H2,1H3,(H,18,19). The van der Waals surface area contributed by atoms with Gasteiger partial charge in [0.1, 0.15) is 5.75 Å². The minimum Gasteiger partial charge on any atom is -0.495 e. The summed E-state index contributed by atoms with van der Waals surface area (Å²) in [5, 5.41) is 12.0. The highest BCUT2D eigenvalue weighted by atomic mass is 79.9. The molecule has 1 aromatic heterocycles. The number of benzene rings is 1. The lowest BCUT2D eigenvalue weighted by molar-refractivity contribution is 0.0696. The first kappa shape index (κ1) is 14.3. The fraction of sp³-hybridized carbons (Fsp3) is 0.143. The van der Waals surface area contributed by atoms with Crippen molar-refractivity contribution in [3.8, 4) is 5.75 Å². The molecule has 6 heteroatoms. The fourth-order valence-corrected chi connectivity index (χ4v) is 2.03. The number of anilines is 1. The number of ether oxygens (including phenoxy) is 1. The fourth-order valence-electron chi connectivity index (χ4n) is 1.62. The summed E-state index contributed by atoms with van der Waals surface area (Å²) in [6.07, 6.45) is 1.35. The molecule has 0 fully saturated rings. The highest BCUT2D eigenvalue weighted by Gasteiger charge is 2.04. The Balaban J connectivity index is 2.03. The van der Waals surface area contributed by atoms with Crippen molar-refractivity contribution < 1.29 is 14.6 Å². The van der Waals surface area contributed by atoms with Crippen molar-refractivity contribution in [2.75, 3.05) is 12.4 Å². The second-order valence-electron chi connectivity index (χ2n) is 4.05. The van der Waals surface area contributed by atoms with E-state index in [0.29, 0.717) is 6.54 Å². The third kappa shape index (κ3) is 3.48. The molecule has 0 spiro atoms. The number of aromatic nitrogens is 1. The molecular formula is C14H13BrN2O3. The van der Waals surface area contributed by atoms with Gasteiger partial charge in [0, 0.05) is 18.0 Å². The maximum absolute atomic E-state index is 10.7. The average molecular weight is 337 g/mol. The van der Waals surface area contributed by atoms with Gasteiger partial charge < -0.3 is 15.2 Å². The van der Waals surface area contributed by atoms with E-state index in [4.69, 9.17) is 9.84 Å². The van der Waals surface area contributed by atoms with Crippen molar-refractivity contribution in [1.29, 1.82) is 0 Å². The number of carbonyl (C=O) groups is 1. The molecular weight excluding hydrogens is 324 g/mol. The number of nitrogens with zero attached hydrogens (tertiary/aromatic N) is 1. The molecule has 2 N–H and O–H groups in total. The number of halogens is 1. The van der Waals surface area contributed by atoms with E-state index in [0.717, 1.165) is 21.6 Å². The number of aromatic carboxylic acids is 1. The summed E-state index contributed by atoms with van der Waals surface area (Å²) in [6.45, 7) is 0.505. The maximum atomic E-state index is 10.7. The molecule has 0 aliphatic heterocycles. The van der Waals surface area contributed by atoms with Gasteiger partial charge in [0.05, 0.1) is 29.4 Å². The van der Waals surface area contributed by atoms with Crippen molar-refractivity contribution >= 4 is 27.6 Å². The molecule has 0 atom stereocenters. The highest BCUT2D eigenvalue weighted by Crippen LogP contribution is 2.27. The van der Waals surface area contributed by atoms with Gasteiger partial charge in [-0.25, -0.2) is 4.79 Å². The monoisotopic (exact) mass is 336 g/mol. The number of nitrogens with one attached hydrogen (secondary N) is 1. The Morgan fingerprint density at radius 1 is 1.40 bits per heavy atom. The van der Waals surface area contributed by atoms with E-state index >= 15 is 0 Å². The Hall–Kier alpha value is -2.08. The van der Waals surface area contributed by atoms with E-state index in [1.165, 1.54) is 12.3 Å². The predicted molar refractivity (Wildman–Crippen MR) is 79.2 cm³/mol. The summed E-state index contributed by atoms with van der Waals surface area (Å²) >= 11 is 3.39. The van der Waals surface area contributed by atoms with E-state index < -0.39 is 5.97 Å². The first-order chi connectivity index (χ1) is 9.60. The van der Waals surface area contributed by atoms with Gasteiger partial charge in [-0.3, -0.25) is 4.98 Å². The van der Waals surface area contributed by atoms with Crippen LogP contribution < -0.4 is 10.1 Å². The Morgan fingerprint density at radius 2 is 2.20 bits per heavy atom. The largest absolute Gasteiger partial charge is 0.495 e. The highest BCUT2D eigenvalue weighted by molar-refractivity contribution is 9.10. The van der Waals surface area contributed by atoms with Crippen LogP contribution in [0.15, 0.2) is 41.0 Å². The van der Waals surface area contributed by atoms with Gasteiger partial charge in [0.25, 0.3) is 0 Å². The van der Waals surface area contributed by atoms with Crippen LogP contribution in [0, 0.1) is 0 Å². The second-order valence-corrected chi connectivity index (χ2v) is 4.90. The third-order valence-corrected chi connectivity index (χ3v) is 3.35. The molecule has 104 valence electrons. The topological polar surface area (TPSA) is 71.5 Å². The molecule has 0 bridgehead atoms. The van der Waals surface area contributed by atoms with E-state index in [2.05, 4.69) is 26.2 Å². The zero-order chi connectivity index (χ0) is 14.5. The second kappa shape index (κ2) is 6.38. The summed E-state index contributed by atoms with van der Waals surface area (Å²) in [6, 6.07) is 8.90. The predicted octanol–water partition coefficient (Wildman–Crippen LogP) is 3.16. The number of carboxylic acids is 1. The minimum absolute atomic E-state index is 0.180. The molecule has 20 heavy (non-hydrogen) atoms. The van der Waals surface area contributed by atoms with E-state index in [1.54, 1.807) is 13.2 Å². The molecule has 1 heterocycles. The first-order valence-corrected chi connectivity index (χ1v) is 6.65. The normalized spacial score (nSPS) is 10.1. The van der Waals surface area contributed by atoms with Crippen LogP contribution in [0.3, 0.4) is 0 Å². The van der Waals surface area contributed by atoms with E-state index in [-0.39, 0.29) is 5.56 Å². The average Bonchev–Trinajstić information content (AvgIpc) is 2.46. The van der Waals surface area contributed by atoms with Crippen molar-refractivity contribution in [3.05, 3.63) is 52.3 Å². The molecule has 0 aliphatic rings. The maximum Gasteiger partial charge on any atom is 0.337 e. The van der Waals surface area contributed by atoms with Crippen LogP contribution in [0.25, 0.3) is 0 Å². The number of methoxy groups -OCH3 is 1. The Morgan fingerprint density at radius 3 is 2.80 bits per heavy atom. The molecule has 0 radical (unpaired) electrons. The van der Waals surface area contributed by atoms with Crippen molar-refractivity contribution in [2.24, 2.45) is 0 Å². The van der Waals surface area contributed by atoms with E-state index in [9.17, 15) is 4.79 Å². The number of hydrogen-bond acceptors (Lipinski definition) is 4. The molecule has 0 aliphatic carbocycles. The number of carboxylic acid groups (broad SMARTS) is 1. The van der Waals surface area contributed by atoms with Crippen LogP contribution in [-0.4, -0.2) is 23.2 Å². The molecule has 0 saturated carbocycles.